The summed E-state index contributed by atoms with van der Waals surface area (Å²) in [7, 11) is 0. The van der Waals surface area contributed by atoms with Crippen LogP contribution >= 0.6 is 0 Å². The highest BCUT2D eigenvalue weighted by Gasteiger charge is 2.16. The molecule has 0 radical (unpaired) electrons. The van der Waals surface area contributed by atoms with Crippen LogP contribution in [-0.4, -0.2) is 40.7 Å². The van der Waals surface area contributed by atoms with Crippen molar-refractivity contribution in [3.63, 3.8) is 0 Å². The Morgan fingerprint density at radius 3 is 2.80 bits per heavy atom. The molecule has 0 spiro atoms. The van der Waals surface area contributed by atoms with Crippen molar-refractivity contribution < 1.29 is 9.59 Å². The summed E-state index contributed by atoms with van der Waals surface area (Å²) in [5, 5.41) is 13.6. The minimum absolute atomic E-state index is 0.0888. The van der Waals surface area contributed by atoms with E-state index in [4.69, 9.17) is 0 Å². The van der Waals surface area contributed by atoms with E-state index in [9.17, 15) is 9.59 Å². The van der Waals surface area contributed by atoms with E-state index < -0.39 is 0 Å². The van der Waals surface area contributed by atoms with Crippen molar-refractivity contribution in [1.29, 1.82) is 0 Å². The van der Waals surface area contributed by atoms with E-state index >= 15 is 0 Å². The zero-order chi connectivity index (χ0) is 20.8. The Bertz CT molecular complexity index is 1010. The zero-order valence-electron chi connectivity index (χ0n) is 16.7. The van der Waals surface area contributed by atoms with Crippen molar-refractivity contribution in [3.8, 4) is 5.69 Å². The SMILES string of the molecule is O=C(Cc1ccccc1)Nc1cnn(-c2cccc(C(=O)N[C@@H]3CCCNC3)c2)c1. The van der Waals surface area contributed by atoms with Crippen LogP contribution in [0.2, 0.25) is 0 Å². The third kappa shape index (κ3) is 5.12. The second-order valence-electron chi connectivity index (χ2n) is 7.45. The van der Waals surface area contributed by atoms with Crippen molar-refractivity contribution in [1.82, 2.24) is 20.4 Å². The number of aromatic nitrogens is 2. The lowest BCUT2D eigenvalue weighted by atomic mass is 10.1. The average Bonchev–Trinajstić information content (AvgIpc) is 3.23. The smallest absolute Gasteiger partial charge is 0.251 e. The van der Waals surface area contributed by atoms with E-state index in [1.54, 1.807) is 29.2 Å². The van der Waals surface area contributed by atoms with Crippen molar-refractivity contribution in [2.45, 2.75) is 25.3 Å². The van der Waals surface area contributed by atoms with Crippen molar-refractivity contribution in [2.75, 3.05) is 18.4 Å². The zero-order valence-corrected chi connectivity index (χ0v) is 16.7. The molecule has 1 saturated heterocycles. The lowest BCUT2D eigenvalue weighted by Gasteiger charge is -2.23. The Morgan fingerprint density at radius 1 is 1.13 bits per heavy atom. The molecule has 1 fully saturated rings. The summed E-state index contributed by atoms with van der Waals surface area (Å²) in [5.74, 6) is -0.191. The van der Waals surface area contributed by atoms with Gasteiger partial charge >= 0.3 is 0 Å². The van der Waals surface area contributed by atoms with Crippen LogP contribution < -0.4 is 16.0 Å². The van der Waals surface area contributed by atoms with Gasteiger partial charge in [-0.3, -0.25) is 9.59 Å². The molecule has 0 aliphatic carbocycles. The molecule has 2 aromatic carbocycles. The van der Waals surface area contributed by atoms with Gasteiger partial charge in [0.2, 0.25) is 5.91 Å². The fraction of sp³-hybridized carbons (Fsp3) is 0.261. The fourth-order valence-corrected chi connectivity index (χ4v) is 3.55. The van der Waals surface area contributed by atoms with Crippen molar-refractivity contribution >= 4 is 17.5 Å². The first-order chi connectivity index (χ1) is 14.7. The van der Waals surface area contributed by atoms with Gasteiger partial charge in [-0.25, -0.2) is 4.68 Å². The molecule has 7 nitrogen and oxygen atoms in total. The second kappa shape index (κ2) is 9.37. The topological polar surface area (TPSA) is 88.0 Å². The van der Waals surface area contributed by atoms with Crippen LogP contribution in [0.25, 0.3) is 5.69 Å². The van der Waals surface area contributed by atoms with Gasteiger partial charge in [-0.05, 0) is 43.1 Å². The maximum Gasteiger partial charge on any atom is 0.251 e. The lowest BCUT2D eigenvalue weighted by molar-refractivity contribution is -0.115. The molecular weight excluding hydrogens is 378 g/mol. The number of amides is 2. The summed E-state index contributed by atoms with van der Waals surface area (Å²) < 4.78 is 1.65. The Balaban J connectivity index is 1.39. The molecule has 0 unspecified atom stereocenters. The van der Waals surface area contributed by atoms with Crippen LogP contribution in [0.5, 0.6) is 0 Å². The summed E-state index contributed by atoms with van der Waals surface area (Å²) in [6.07, 6.45) is 5.70. The van der Waals surface area contributed by atoms with Gasteiger partial charge in [0.15, 0.2) is 0 Å². The summed E-state index contributed by atoms with van der Waals surface area (Å²) >= 11 is 0. The molecule has 154 valence electrons. The molecule has 4 rings (SSSR count). The number of anilines is 1. The van der Waals surface area contributed by atoms with Gasteiger partial charge in [-0.2, -0.15) is 5.10 Å². The van der Waals surface area contributed by atoms with Gasteiger partial charge in [0.05, 0.1) is 30.2 Å². The molecule has 1 aliphatic rings. The summed E-state index contributed by atoms with van der Waals surface area (Å²) in [5.41, 5.74) is 2.91. The first kappa shape index (κ1) is 19.8. The predicted octanol–water partition coefficient (Wildman–Crippen LogP) is 2.54. The maximum atomic E-state index is 12.6. The average molecular weight is 403 g/mol. The molecule has 1 atom stereocenters. The summed E-state index contributed by atoms with van der Waals surface area (Å²) in [6.45, 7) is 1.81. The molecular formula is C23H25N5O2. The van der Waals surface area contributed by atoms with Gasteiger partial charge < -0.3 is 16.0 Å². The monoisotopic (exact) mass is 403 g/mol. The van der Waals surface area contributed by atoms with E-state index in [0.29, 0.717) is 17.7 Å². The van der Waals surface area contributed by atoms with Crippen molar-refractivity contribution in [2.24, 2.45) is 0 Å². The maximum absolute atomic E-state index is 12.6. The minimum Gasteiger partial charge on any atom is -0.348 e. The van der Waals surface area contributed by atoms with E-state index in [-0.39, 0.29) is 17.9 Å². The first-order valence-corrected chi connectivity index (χ1v) is 10.2. The molecule has 0 bridgehead atoms. The number of rotatable bonds is 6. The van der Waals surface area contributed by atoms with Gasteiger partial charge in [-0.1, -0.05) is 36.4 Å². The van der Waals surface area contributed by atoms with Crippen LogP contribution in [0.4, 0.5) is 5.69 Å². The van der Waals surface area contributed by atoms with Gasteiger partial charge in [0, 0.05) is 18.2 Å². The molecule has 3 aromatic rings. The van der Waals surface area contributed by atoms with E-state index in [1.165, 1.54) is 0 Å². The number of carbonyl (C=O) groups is 2. The van der Waals surface area contributed by atoms with Crippen molar-refractivity contribution in [3.05, 3.63) is 78.1 Å². The number of benzene rings is 2. The number of piperidine rings is 1. The molecule has 30 heavy (non-hydrogen) atoms. The quantitative estimate of drug-likeness (QED) is 0.590. The van der Waals surface area contributed by atoms with E-state index in [2.05, 4.69) is 21.0 Å². The number of nitrogens with one attached hydrogen (secondary N) is 3. The van der Waals surface area contributed by atoms with Gasteiger partial charge in [0.25, 0.3) is 5.91 Å². The highest BCUT2D eigenvalue weighted by Crippen LogP contribution is 2.15. The molecule has 2 amide bonds. The number of hydrogen-bond acceptors (Lipinski definition) is 4. The van der Waals surface area contributed by atoms with E-state index in [0.717, 1.165) is 37.2 Å². The number of hydrogen-bond donors (Lipinski definition) is 3. The largest absolute Gasteiger partial charge is 0.348 e. The van der Waals surface area contributed by atoms with Crippen LogP contribution in [0, 0.1) is 0 Å². The Labute approximate surface area is 175 Å². The Hall–Kier alpha value is -3.45. The van der Waals surface area contributed by atoms with Crippen LogP contribution in [0.3, 0.4) is 0 Å². The highest BCUT2D eigenvalue weighted by atomic mass is 16.2. The summed E-state index contributed by atoms with van der Waals surface area (Å²) in [6, 6.07) is 17.0. The van der Waals surface area contributed by atoms with Gasteiger partial charge in [-0.15, -0.1) is 0 Å². The molecule has 0 saturated carbocycles. The molecule has 7 heteroatoms. The molecule has 1 aromatic heterocycles. The van der Waals surface area contributed by atoms with Crippen LogP contribution in [-0.2, 0) is 11.2 Å². The standard InChI is InChI=1S/C23H25N5O2/c29-22(12-17-6-2-1-3-7-17)26-20-15-25-28(16-20)21-10-4-8-18(13-21)23(30)27-19-9-5-11-24-14-19/h1-4,6-8,10,13,15-16,19,24H,5,9,11-12,14H2,(H,26,29)(H,27,30)/t19-/m1/s1. The van der Waals surface area contributed by atoms with E-state index in [1.807, 2.05) is 42.5 Å². The molecule has 3 N–H and O–H groups in total. The predicted molar refractivity (Wildman–Crippen MR) is 116 cm³/mol. The number of nitrogens with zero attached hydrogens (tertiary/aromatic N) is 2. The lowest BCUT2D eigenvalue weighted by Crippen LogP contribution is -2.45. The van der Waals surface area contributed by atoms with Gasteiger partial charge in [0.1, 0.15) is 0 Å². The normalized spacial score (nSPS) is 16.1. The fourth-order valence-electron chi connectivity index (χ4n) is 3.55. The van der Waals surface area contributed by atoms with Crippen LogP contribution in [0.1, 0.15) is 28.8 Å². The molecule has 1 aliphatic heterocycles. The van der Waals surface area contributed by atoms with Crippen LogP contribution in [0.15, 0.2) is 67.0 Å². The second-order valence-corrected chi connectivity index (χ2v) is 7.45. The summed E-state index contributed by atoms with van der Waals surface area (Å²) in [4.78, 5) is 24.8. The Kier molecular flexibility index (Phi) is 6.20. The number of carbonyl (C=O) groups excluding carboxylic acids is 2. The third-order valence-corrected chi connectivity index (χ3v) is 5.08. The Morgan fingerprint density at radius 2 is 2.00 bits per heavy atom. The molecule has 2 heterocycles. The third-order valence-electron chi connectivity index (χ3n) is 5.08. The minimum atomic E-state index is -0.102. The first-order valence-electron chi connectivity index (χ1n) is 10.2. The highest BCUT2D eigenvalue weighted by molar-refractivity contribution is 5.95.